The van der Waals surface area contributed by atoms with Crippen LogP contribution in [0.2, 0.25) is 0 Å². The molecule has 0 spiro atoms. The Hall–Kier alpha value is -2.61. The van der Waals surface area contributed by atoms with Gasteiger partial charge in [0.2, 0.25) is 5.91 Å². The van der Waals surface area contributed by atoms with Crippen molar-refractivity contribution < 1.29 is 9.59 Å². The number of aromatic nitrogens is 3. The molecule has 24 heavy (non-hydrogen) atoms. The fraction of sp³-hybridized carbons (Fsp3) is 0.250. The van der Waals surface area contributed by atoms with Crippen LogP contribution < -0.4 is 10.6 Å². The second kappa shape index (κ2) is 8.30. The third kappa shape index (κ3) is 4.69. The van der Waals surface area contributed by atoms with Crippen LogP contribution in [0.4, 0.5) is 10.5 Å². The standard InChI is InChI=1S/C16H19N5O2S/c1-4-10-21-12(3)19-20-16(21)24-11(2)14(22)18-15(23)17-13-8-6-5-7-9-13/h4-9,11H,1,10H2,2-3H3,(H2,17,18,22,23). The first kappa shape index (κ1) is 17.7. The zero-order valence-electron chi connectivity index (χ0n) is 13.5. The first-order chi connectivity index (χ1) is 11.5. The van der Waals surface area contributed by atoms with Gasteiger partial charge in [0.05, 0.1) is 5.25 Å². The van der Waals surface area contributed by atoms with Gasteiger partial charge in [-0.15, -0.1) is 16.8 Å². The fourth-order valence-electron chi connectivity index (χ4n) is 1.90. The number of nitrogens with zero attached hydrogens (tertiary/aromatic N) is 3. The van der Waals surface area contributed by atoms with Crippen LogP contribution in [0.5, 0.6) is 0 Å². The first-order valence-electron chi connectivity index (χ1n) is 7.35. The molecule has 8 heteroatoms. The summed E-state index contributed by atoms with van der Waals surface area (Å²) in [5.74, 6) is 0.339. The van der Waals surface area contributed by atoms with Crippen molar-refractivity contribution in [3.8, 4) is 0 Å². The number of imide groups is 1. The van der Waals surface area contributed by atoms with Crippen molar-refractivity contribution in [1.29, 1.82) is 0 Å². The molecule has 0 saturated heterocycles. The number of nitrogens with one attached hydrogen (secondary N) is 2. The molecule has 1 aromatic carbocycles. The minimum atomic E-state index is -0.567. The van der Waals surface area contributed by atoms with Crippen LogP contribution in [-0.4, -0.2) is 32.0 Å². The number of anilines is 1. The summed E-state index contributed by atoms with van der Waals surface area (Å²) in [6.45, 7) is 7.79. The number of thioether (sulfide) groups is 1. The lowest BCUT2D eigenvalue weighted by molar-refractivity contribution is -0.119. The van der Waals surface area contributed by atoms with Crippen LogP contribution in [0.15, 0.2) is 48.1 Å². The molecule has 3 amide bonds. The summed E-state index contributed by atoms with van der Waals surface area (Å²) in [7, 11) is 0. The summed E-state index contributed by atoms with van der Waals surface area (Å²) in [6, 6.07) is 8.34. The zero-order chi connectivity index (χ0) is 17.5. The molecule has 0 saturated carbocycles. The molecule has 1 unspecified atom stereocenters. The largest absolute Gasteiger partial charge is 0.325 e. The van der Waals surface area contributed by atoms with Gasteiger partial charge in [0.15, 0.2) is 5.16 Å². The number of hydrogen-bond acceptors (Lipinski definition) is 5. The molecule has 0 aliphatic rings. The summed E-state index contributed by atoms with van der Waals surface area (Å²) in [5.41, 5.74) is 0.615. The minimum Gasteiger partial charge on any atom is -0.308 e. The maximum absolute atomic E-state index is 12.2. The molecule has 2 rings (SSSR count). The number of allylic oxidation sites excluding steroid dienone is 1. The van der Waals surface area contributed by atoms with Gasteiger partial charge in [0.25, 0.3) is 0 Å². The van der Waals surface area contributed by atoms with Crippen molar-refractivity contribution in [1.82, 2.24) is 20.1 Å². The highest BCUT2D eigenvalue weighted by atomic mass is 32.2. The van der Waals surface area contributed by atoms with E-state index in [4.69, 9.17) is 0 Å². The smallest absolute Gasteiger partial charge is 0.308 e. The van der Waals surface area contributed by atoms with Crippen molar-refractivity contribution in [3.63, 3.8) is 0 Å². The lowest BCUT2D eigenvalue weighted by Gasteiger charge is -2.12. The van der Waals surface area contributed by atoms with Crippen LogP contribution in [-0.2, 0) is 11.3 Å². The first-order valence-corrected chi connectivity index (χ1v) is 8.23. The Morgan fingerprint density at radius 2 is 2.04 bits per heavy atom. The van der Waals surface area contributed by atoms with Crippen molar-refractivity contribution in [2.45, 2.75) is 30.8 Å². The van der Waals surface area contributed by atoms with Crippen molar-refractivity contribution in [2.24, 2.45) is 0 Å². The summed E-state index contributed by atoms with van der Waals surface area (Å²) in [6.07, 6.45) is 1.73. The lowest BCUT2D eigenvalue weighted by atomic mass is 10.3. The van der Waals surface area contributed by atoms with Gasteiger partial charge in [-0.2, -0.15) is 0 Å². The van der Waals surface area contributed by atoms with E-state index < -0.39 is 17.2 Å². The van der Waals surface area contributed by atoms with E-state index in [1.807, 2.05) is 17.6 Å². The molecule has 0 radical (unpaired) electrons. The summed E-state index contributed by atoms with van der Waals surface area (Å²) in [5, 5.41) is 13.1. The van der Waals surface area contributed by atoms with Crippen LogP contribution in [0.25, 0.3) is 0 Å². The van der Waals surface area contributed by atoms with E-state index in [2.05, 4.69) is 27.4 Å². The second-order valence-corrected chi connectivity index (χ2v) is 6.31. The normalized spacial score (nSPS) is 11.6. The minimum absolute atomic E-state index is 0.403. The Morgan fingerprint density at radius 3 is 2.71 bits per heavy atom. The number of aryl methyl sites for hydroxylation is 1. The highest BCUT2D eigenvalue weighted by Crippen LogP contribution is 2.22. The topological polar surface area (TPSA) is 88.9 Å². The van der Waals surface area contributed by atoms with E-state index in [-0.39, 0.29) is 0 Å². The molecule has 2 aromatic rings. The summed E-state index contributed by atoms with van der Waals surface area (Å²) in [4.78, 5) is 24.0. The maximum atomic E-state index is 12.2. The van der Waals surface area contributed by atoms with E-state index in [1.54, 1.807) is 37.3 Å². The van der Waals surface area contributed by atoms with Gasteiger partial charge in [-0.25, -0.2) is 4.79 Å². The van der Waals surface area contributed by atoms with Gasteiger partial charge >= 0.3 is 6.03 Å². The predicted molar refractivity (Wildman–Crippen MR) is 93.9 cm³/mol. The molecule has 1 atom stereocenters. The molecule has 7 nitrogen and oxygen atoms in total. The molecule has 0 fully saturated rings. The summed E-state index contributed by atoms with van der Waals surface area (Å²) >= 11 is 1.24. The number of hydrogen-bond donors (Lipinski definition) is 2. The molecule has 1 heterocycles. The van der Waals surface area contributed by atoms with Crippen molar-refractivity contribution in [2.75, 3.05) is 5.32 Å². The highest BCUT2D eigenvalue weighted by molar-refractivity contribution is 8.00. The Kier molecular flexibility index (Phi) is 6.14. The van der Waals surface area contributed by atoms with Gasteiger partial charge < -0.3 is 9.88 Å². The number of para-hydroxylation sites is 1. The Morgan fingerprint density at radius 1 is 1.33 bits per heavy atom. The average molecular weight is 345 g/mol. The van der Waals surface area contributed by atoms with Gasteiger partial charge in [-0.1, -0.05) is 36.0 Å². The maximum Gasteiger partial charge on any atom is 0.325 e. The number of carbonyl (C=O) groups is 2. The Balaban J connectivity index is 1.92. The molecule has 0 aliphatic carbocycles. The van der Waals surface area contributed by atoms with E-state index in [0.717, 1.165) is 5.82 Å². The number of urea groups is 1. The number of benzene rings is 1. The number of amides is 3. The van der Waals surface area contributed by atoms with E-state index in [9.17, 15) is 9.59 Å². The van der Waals surface area contributed by atoms with Gasteiger partial charge in [0, 0.05) is 12.2 Å². The van der Waals surface area contributed by atoms with Crippen molar-refractivity contribution in [3.05, 3.63) is 48.8 Å². The number of rotatable bonds is 6. The van der Waals surface area contributed by atoms with Crippen LogP contribution in [0, 0.1) is 6.92 Å². The van der Waals surface area contributed by atoms with E-state index in [1.165, 1.54) is 11.8 Å². The van der Waals surface area contributed by atoms with Gasteiger partial charge in [0.1, 0.15) is 5.82 Å². The molecule has 126 valence electrons. The molecule has 2 N–H and O–H groups in total. The molecular formula is C16H19N5O2S. The quantitative estimate of drug-likeness (QED) is 0.620. The molecule has 0 bridgehead atoms. The Bertz CT molecular complexity index is 729. The van der Waals surface area contributed by atoms with Gasteiger partial charge in [-0.3, -0.25) is 10.1 Å². The lowest BCUT2D eigenvalue weighted by Crippen LogP contribution is -2.38. The monoisotopic (exact) mass is 345 g/mol. The van der Waals surface area contributed by atoms with Gasteiger partial charge in [-0.05, 0) is 26.0 Å². The zero-order valence-corrected chi connectivity index (χ0v) is 14.3. The van der Waals surface area contributed by atoms with Crippen LogP contribution in [0.1, 0.15) is 12.7 Å². The fourth-order valence-corrected chi connectivity index (χ4v) is 2.80. The predicted octanol–water partition coefficient (Wildman–Crippen LogP) is 2.60. The third-order valence-electron chi connectivity index (χ3n) is 3.13. The Labute approximate surface area is 144 Å². The van der Waals surface area contributed by atoms with E-state index >= 15 is 0 Å². The SMILES string of the molecule is C=CCn1c(C)nnc1SC(C)C(=O)NC(=O)Nc1ccccc1. The van der Waals surface area contributed by atoms with E-state index in [0.29, 0.717) is 17.4 Å². The molecule has 1 aromatic heterocycles. The second-order valence-electron chi connectivity index (χ2n) is 5.00. The molecule has 0 aliphatic heterocycles. The molecular weight excluding hydrogens is 326 g/mol. The number of carbonyl (C=O) groups excluding carboxylic acids is 2. The average Bonchev–Trinajstić information content (AvgIpc) is 2.89. The third-order valence-corrected chi connectivity index (χ3v) is 4.21. The van der Waals surface area contributed by atoms with Crippen LogP contribution >= 0.6 is 11.8 Å². The highest BCUT2D eigenvalue weighted by Gasteiger charge is 2.20. The van der Waals surface area contributed by atoms with Crippen molar-refractivity contribution >= 4 is 29.4 Å². The summed E-state index contributed by atoms with van der Waals surface area (Å²) < 4.78 is 1.85. The van der Waals surface area contributed by atoms with Crippen LogP contribution in [0.3, 0.4) is 0 Å².